The molecule has 0 radical (unpaired) electrons. The number of fused-ring (bicyclic) bond motifs is 1. The maximum atomic E-state index is 12.4. The number of carbonyl (C=O) groups is 1. The third-order valence-electron chi connectivity index (χ3n) is 4.65. The van der Waals surface area contributed by atoms with Gasteiger partial charge in [-0.15, -0.1) is 11.3 Å². The SMILES string of the molecule is O=C(NCCS(=O)(=O)Cc1ccccc1)c1cc2c(s1)CCCCCC2. The second kappa shape index (κ2) is 8.82. The minimum absolute atomic E-state index is 0.0109. The molecule has 0 fully saturated rings. The molecule has 26 heavy (non-hydrogen) atoms. The highest BCUT2D eigenvalue weighted by atomic mass is 32.2. The molecule has 6 heteroatoms. The highest BCUT2D eigenvalue weighted by Gasteiger charge is 2.17. The molecule has 0 saturated heterocycles. The van der Waals surface area contributed by atoms with Crippen LogP contribution in [-0.2, 0) is 28.4 Å². The van der Waals surface area contributed by atoms with E-state index in [0.29, 0.717) is 4.88 Å². The van der Waals surface area contributed by atoms with Crippen molar-refractivity contribution in [3.8, 4) is 0 Å². The average Bonchev–Trinajstić information content (AvgIpc) is 2.97. The first-order chi connectivity index (χ1) is 12.5. The van der Waals surface area contributed by atoms with Gasteiger partial charge >= 0.3 is 0 Å². The van der Waals surface area contributed by atoms with E-state index in [9.17, 15) is 13.2 Å². The molecule has 0 spiro atoms. The minimum Gasteiger partial charge on any atom is -0.350 e. The number of hydrogen-bond acceptors (Lipinski definition) is 4. The van der Waals surface area contributed by atoms with Crippen LogP contribution in [0.5, 0.6) is 0 Å². The summed E-state index contributed by atoms with van der Waals surface area (Å²) in [5.41, 5.74) is 2.08. The molecule has 0 unspecified atom stereocenters. The summed E-state index contributed by atoms with van der Waals surface area (Å²) in [5.74, 6) is -0.188. The van der Waals surface area contributed by atoms with Crippen LogP contribution in [0, 0.1) is 0 Å². The van der Waals surface area contributed by atoms with Crippen molar-refractivity contribution < 1.29 is 13.2 Å². The molecule has 3 rings (SSSR count). The zero-order valence-electron chi connectivity index (χ0n) is 14.9. The van der Waals surface area contributed by atoms with Crippen LogP contribution >= 0.6 is 11.3 Å². The highest BCUT2D eigenvalue weighted by molar-refractivity contribution is 7.90. The van der Waals surface area contributed by atoms with Crippen LogP contribution in [0.1, 0.15) is 51.4 Å². The summed E-state index contributed by atoms with van der Waals surface area (Å²) in [6, 6.07) is 11.1. The van der Waals surface area contributed by atoms with Crippen LogP contribution in [0.25, 0.3) is 0 Å². The fourth-order valence-corrected chi connectivity index (χ4v) is 5.69. The molecule has 140 valence electrons. The van der Waals surface area contributed by atoms with Gasteiger partial charge in [-0.05, 0) is 42.9 Å². The van der Waals surface area contributed by atoms with Gasteiger partial charge in [-0.1, -0.05) is 43.2 Å². The van der Waals surface area contributed by atoms with Crippen molar-refractivity contribution in [2.75, 3.05) is 12.3 Å². The van der Waals surface area contributed by atoms with Gasteiger partial charge in [-0.3, -0.25) is 4.79 Å². The van der Waals surface area contributed by atoms with E-state index in [0.717, 1.165) is 18.4 Å². The second-order valence-electron chi connectivity index (χ2n) is 6.81. The Bertz CT molecular complexity index is 816. The Morgan fingerprint density at radius 1 is 1.04 bits per heavy atom. The van der Waals surface area contributed by atoms with Crippen molar-refractivity contribution in [2.24, 2.45) is 0 Å². The van der Waals surface area contributed by atoms with E-state index in [2.05, 4.69) is 5.32 Å². The molecule has 1 aliphatic rings. The third-order valence-corrected chi connectivity index (χ3v) is 7.48. The Hall–Kier alpha value is -1.66. The summed E-state index contributed by atoms with van der Waals surface area (Å²) in [5, 5.41) is 2.77. The van der Waals surface area contributed by atoms with E-state index in [1.807, 2.05) is 24.3 Å². The quantitative estimate of drug-likeness (QED) is 0.816. The Morgan fingerprint density at radius 3 is 2.54 bits per heavy atom. The van der Waals surface area contributed by atoms with E-state index in [4.69, 9.17) is 0 Å². The lowest BCUT2D eigenvalue weighted by Crippen LogP contribution is -2.29. The maximum Gasteiger partial charge on any atom is 0.261 e. The maximum absolute atomic E-state index is 12.4. The van der Waals surface area contributed by atoms with Crippen LogP contribution in [0.2, 0.25) is 0 Å². The molecule has 0 atom stereocenters. The Labute approximate surface area is 159 Å². The number of carbonyl (C=O) groups excluding carboxylic acids is 1. The van der Waals surface area contributed by atoms with Crippen LogP contribution in [0.3, 0.4) is 0 Å². The third kappa shape index (κ3) is 5.42. The van der Waals surface area contributed by atoms with Gasteiger partial charge in [-0.25, -0.2) is 8.42 Å². The van der Waals surface area contributed by atoms with Crippen molar-refractivity contribution in [1.29, 1.82) is 0 Å². The van der Waals surface area contributed by atoms with Gasteiger partial charge < -0.3 is 5.32 Å². The first-order valence-electron chi connectivity index (χ1n) is 9.18. The minimum atomic E-state index is -3.24. The molecule has 1 aromatic heterocycles. The first kappa shape index (κ1) is 19.1. The standard InChI is InChI=1S/C20H25NO3S2/c22-20(19-14-17-10-6-1-2-7-11-18(17)25-19)21-12-13-26(23,24)15-16-8-4-3-5-9-16/h3-5,8-9,14H,1-2,6-7,10-13,15H2,(H,21,22). The smallest absolute Gasteiger partial charge is 0.261 e. The molecule has 1 aromatic carbocycles. The van der Waals surface area contributed by atoms with Crippen molar-refractivity contribution in [2.45, 2.75) is 44.3 Å². The Kier molecular flexibility index (Phi) is 6.48. The van der Waals surface area contributed by atoms with Gasteiger partial charge in [0.25, 0.3) is 5.91 Å². The van der Waals surface area contributed by atoms with Gasteiger partial charge in [0.05, 0.1) is 16.4 Å². The zero-order valence-corrected chi connectivity index (χ0v) is 16.5. The number of sulfone groups is 1. The fraction of sp³-hybridized carbons (Fsp3) is 0.450. The normalized spacial score (nSPS) is 14.9. The molecule has 1 N–H and O–H groups in total. The average molecular weight is 392 g/mol. The van der Waals surface area contributed by atoms with Crippen molar-refractivity contribution in [1.82, 2.24) is 5.32 Å². The lowest BCUT2D eigenvalue weighted by molar-refractivity contribution is 0.0960. The molecule has 4 nitrogen and oxygen atoms in total. The van der Waals surface area contributed by atoms with E-state index < -0.39 is 9.84 Å². The van der Waals surface area contributed by atoms with E-state index in [1.165, 1.54) is 36.1 Å². The van der Waals surface area contributed by atoms with Crippen molar-refractivity contribution in [3.63, 3.8) is 0 Å². The fourth-order valence-electron chi connectivity index (χ4n) is 3.26. The summed E-state index contributed by atoms with van der Waals surface area (Å²) in [7, 11) is -3.24. The molecule has 1 aliphatic carbocycles. The number of rotatable bonds is 6. The van der Waals surface area contributed by atoms with E-state index in [-0.39, 0.29) is 24.0 Å². The van der Waals surface area contributed by atoms with Crippen LogP contribution in [-0.4, -0.2) is 26.6 Å². The summed E-state index contributed by atoms with van der Waals surface area (Å²) < 4.78 is 24.4. The van der Waals surface area contributed by atoms with Gasteiger partial charge in [0, 0.05) is 11.4 Å². The number of hydrogen-bond donors (Lipinski definition) is 1. The summed E-state index contributed by atoms with van der Waals surface area (Å²) >= 11 is 1.57. The number of aryl methyl sites for hydroxylation is 2. The first-order valence-corrected chi connectivity index (χ1v) is 11.8. The van der Waals surface area contributed by atoms with Gasteiger partial charge in [0.1, 0.15) is 0 Å². The van der Waals surface area contributed by atoms with E-state index >= 15 is 0 Å². The molecule has 0 bridgehead atoms. The van der Waals surface area contributed by atoms with Crippen LogP contribution in [0.15, 0.2) is 36.4 Å². The molecule has 1 amide bonds. The highest BCUT2D eigenvalue weighted by Crippen LogP contribution is 2.28. The van der Waals surface area contributed by atoms with Gasteiger partial charge in [0.2, 0.25) is 0 Å². The molecule has 2 aromatic rings. The number of nitrogens with one attached hydrogen (secondary N) is 1. The second-order valence-corrected chi connectivity index (χ2v) is 10.1. The number of amides is 1. The molecular formula is C20H25NO3S2. The Balaban J connectivity index is 1.53. The molecule has 0 saturated carbocycles. The van der Waals surface area contributed by atoms with Gasteiger partial charge in [0.15, 0.2) is 9.84 Å². The van der Waals surface area contributed by atoms with E-state index in [1.54, 1.807) is 23.5 Å². The predicted molar refractivity (Wildman–Crippen MR) is 106 cm³/mol. The van der Waals surface area contributed by atoms with Crippen molar-refractivity contribution in [3.05, 3.63) is 57.3 Å². The topological polar surface area (TPSA) is 63.2 Å². The lowest BCUT2D eigenvalue weighted by Gasteiger charge is -2.07. The van der Waals surface area contributed by atoms with Crippen LogP contribution < -0.4 is 5.32 Å². The largest absolute Gasteiger partial charge is 0.350 e. The van der Waals surface area contributed by atoms with Crippen molar-refractivity contribution >= 4 is 27.1 Å². The zero-order chi connectivity index (χ0) is 18.4. The predicted octanol–water partition coefficient (Wildman–Crippen LogP) is 3.75. The summed E-state index contributed by atoms with van der Waals surface area (Å²) in [4.78, 5) is 14.4. The summed E-state index contributed by atoms with van der Waals surface area (Å²) in [6.45, 7) is 0.149. The molecule has 0 aliphatic heterocycles. The lowest BCUT2D eigenvalue weighted by atomic mass is 10.00. The molecule has 1 heterocycles. The number of thiophene rings is 1. The summed E-state index contributed by atoms with van der Waals surface area (Å²) in [6.07, 6.45) is 6.99. The molecular weight excluding hydrogens is 366 g/mol. The monoisotopic (exact) mass is 391 g/mol. The van der Waals surface area contributed by atoms with Gasteiger partial charge in [-0.2, -0.15) is 0 Å². The number of benzene rings is 1. The Morgan fingerprint density at radius 2 is 1.77 bits per heavy atom. The van der Waals surface area contributed by atoms with Crippen LogP contribution in [0.4, 0.5) is 0 Å².